The highest BCUT2D eigenvalue weighted by atomic mass is 16.5. The summed E-state index contributed by atoms with van der Waals surface area (Å²) in [7, 11) is 1.89. The van der Waals surface area contributed by atoms with Crippen LogP contribution >= 0.6 is 0 Å². The van der Waals surface area contributed by atoms with Crippen LogP contribution in [-0.4, -0.2) is 47.6 Å². The minimum absolute atomic E-state index is 0.323. The molecule has 1 heterocycles. The van der Waals surface area contributed by atoms with Gasteiger partial charge in [-0.25, -0.2) is 0 Å². The number of aromatic nitrogens is 2. The van der Waals surface area contributed by atoms with Gasteiger partial charge in [-0.15, -0.1) is 0 Å². The molecule has 1 aromatic rings. The molecule has 3 aliphatic rings. The number of aliphatic imine (C=N–C) groups is 1. The summed E-state index contributed by atoms with van der Waals surface area (Å²) >= 11 is 0. The maximum atomic E-state index is 6.06. The molecule has 3 atom stereocenters. The highest BCUT2D eigenvalue weighted by Gasteiger charge is 2.57. The second-order valence-electron chi connectivity index (χ2n) is 9.15. The molecule has 3 unspecified atom stereocenters. The maximum absolute atomic E-state index is 6.06. The van der Waals surface area contributed by atoms with Crippen molar-refractivity contribution in [3.63, 3.8) is 0 Å². The minimum atomic E-state index is 0.323. The van der Waals surface area contributed by atoms with E-state index in [1.54, 1.807) is 0 Å². The zero-order valence-corrected chi connectivity index (χ0v) is 18.0. The van der Waals surface area contributed by atoms with Crippen molar-refractivity contribution in [2.45, 2.75) is 96.4 Å². The SMILES string of the molecule is CCOC1CC(NC(=NC)NC2CCc3cn(C(C)C)nc3C2)C12CCCC2. The molecule has 156 valence electrons. The average molecular weight is 388 g/mol. The van der Waals surface area contributed by atoms with Gasteiger partial charge in [-0.3, -0.25) is 9.67 Å². The van der Waals surface area contributed by atoms with E-state index in [4.69, 9.17) is 9.84 Å². The number of nitrogens with one attached hydrogen (secondary N) is 2. The zero-order valence-electron chi connectivity index (χ0n) is 18.0. The molecule has 28 heavy (non-hydrogen) atoms. The van der Waals surface area contributed by atoms with Crippen molar-refractivity contribution in [3.8, 4) is 0 Å². The first-order valence-electron chi connectivity index (χ1n) is 11.2. The van der Waals surface area contributed by atoms with Crippen molar-refractivity contribution >= 4 is 5.96 Å². The molecule has 0 radical (unpaired) electrons. The van der Waals surface area contributed by atoms with Gasteiger partial charge in [-0.2, -0.15) is 5.10 Å². The van der Waals surface area contributed by atoms with Crippen LogP contribution in [0.15, 0.2) is 11.2 Å². The topological polar surface area (TPSA) is 63.5 Å². The Morgan fingerprint density at radius 3 is 2.82 bits per heavy atom. The summed E-state index contributed by atoms with van der Waals surface area (Å²) in [6, 6.07) is 1.31. The van der Waals surface area contributed by atoms with Gasteiger partial charge >= 0.3 is 0 Å². The van der Waals surface area contributed by atoms with Gasteiger partial charge in [0.1, 0.15) is 0 Å². The number of rotatable bonds is 5. The van der Waals surface area contributed by atoms with E-state index in [9.17, 15) is 0 Å². The van der Waals surface area contributed by atoms with Gasteiger partial charge in [0.2, 0.25) is 0 Å². The molecule has 2 N–H and O–H groups in total. The molecule has 0 bridgehead atoms. The molecule has 6 heteroatoms. The van der Waals surface area contributed by atoms with Gasteiger partial charge in [0.15, 0.2) is 5.96 Å². The van der Waals surface area contributed by atoms with Crippen LogP contribution in [0.1, 0.15) is 76.6 Å². The van der Waals surface area contributed by atoms with E-state index in [1.165, 1.54) is 36.9 Å². The van der Waals surface area contributed by atoms with Crippen molar-refractivity contribution in [3.05, 3.63) is 17.5 Å². The fraction of sp³-hybridized carbons (Fsp3) is 0.818. The normalized spacial score (nSPS) is 29.0. The van der Waals surface area contributed by atoms with E-state index in [1.807, 2.05) is 7.05 Å². The lowest BCUT2D eigenvalue weighted by atomic mass is 9.60. The molecule has 6 nitrogen and oxygen atoms in total. The molecule has 1 spiro atoms. The van der Waals surface area contributed by atoms with E-state index >= 15 is 0 Å². The minimum Gasteiger partial charge on any atom is -0.378 e. The standard InChI is InChI=1S/C22H37N5O/c1-5-28-20-13-19(22(20)10-6-7-11-22)25-21(23-4)24-17-9-8-16-14-27(15(2)3)26-18(16)12-17/h14-15,17,19-20H,5-13H2,1-4H3,(H2,23,24,25). The van der Waals surface area contributed by atoms with Crippen LogP contribution in [0.25, 0.3) is 0 Å². The molecule has 0 saturated heterocycles. The Labute approximate surface area is 169 Å². The maximum Gasteiger partial charge on any atom is 0.191 e. The number of guanidine groups is 1. The van der Waals surface area contributed by atoms with Gasteiger partial charge in [-0.1, -0.05) is 12.8 Å². The summed E-state index contributed by atoms with van der Waals surface area (Å²) in [5.74, 6) is 0.947. The summed E-state index contributed by atoms with van der Waals surface area (Å²) in [6.07, 6.45) is 12.2. The van der Waals surface area contributed by atoms with Gasteiger partial charge in [0.25, 0.3) is 0 Å². The molecular weight excluding hydrogens is 350 g/mol. The number of nitrogens with zero attached hydrogens (tertiary/aromatic N) is 3. The second kappa shape index (κ2) is 8.05. The Kier molecular flexibility index (Phi) is 5.68. The smallest absolute Gasteiger partial charge is 0.191 e. The van der Waals surface area contributed by atoms with Gasteiger partial charge in [0.05, 0.1) is 11.8 Å². The lowest BCUT2D eigenvalue weighted by Gasteiger charge is -2.54. The van der Waals surface area contributed by atoms with Crippen molar-refractivity contribution in [1.82, 2.24) is 20.4 Å². The predicted molar refractivity (Wildman–Crippen MR) is 113 cm³/mol. The van der Waals surface area contributed by atoms with E-state index in [0.29, 0.717) is 29.6 Å². The summed E-state index contributed by atoms with van der Waals surface area (Å²) in [6.45, 7) is 7.31. The Morgan fingerprint density at radius 2 is 2.14 bits per heavy atom. The van der Waals surface area contributed by atoms with Crippen LogP contribution in [0.4, 0.5) is 0 Å². The number of hydrogen-bond donors (Lipinski definition) is 2. The summed E-state index contributed by atoms with van der Waals surface area (Å²) in [4.78, 5) is 4.55. The van der Waals surface area contributed by atoms with Crippen LogP contribution < -0.4 is 10.6 Å². The quantitative estimate of drug-likeness (QED) is 0.601. The highest BCUT2D eigenvalue weighted by Crippen LogP contribution is 2.54. The van der Waals surface area contributed by atoms with Crippen molar-refractivity contribution in [1.29, 1.82) is 0 Å². The second-order valence-corrected chi connectivity index (χ2v) is 9.15. The lowest BCUT2D eigenvalue weighted by Crippen LogP contribution is -2.65. The lowest BCUT2D eigenvalue weighted by molar-refractivity contribution is -0.125. The Balaban J connectivity index is 1.36. The first-order chi connectivity index (χ1) is 13.6. The fourth-order valence-corrected chi connectivity index (χ4v) is 5.52. The van der Waals surface area contributed by atoms with Crippen LogP contribution in [0, 0.1) is 5.41 Å². The van der Waals surface area contributed by atoms with E-state index < -0.39 is 0 Å². The number of fused-ring (bicyclic) bond motifs is 1. The molecule has 3 aliphatic carbocycles. The largest absolute Gasteiger partial charge is 0.378 e. The highest BCUT2D eigenvalue weighted by molar-refractivity contribution is 5.80. The predicted octanol–water partition coefficient (Wildman–Crippen LogP) is 3.22. The number of aryl methyl sites for hydroxylation is 1. The monoisotopic (exact) mass is 387 g/mol. The van der Waals surface area contributed by atoms with Crippen molar-refractivity contribution < 1.29 is 4.74 Å². The number of ether oxygens (including phenoxy) is 1. The molecular formula is C22H37N5O. The third kappa shape index (κ3) is 3.56. The average Bonchev–Trinajstić information content (AvgIpc) is 3.34. The molecule has 4 rings (SSSR count). The molecule has 2 fully saturated rings. The molecule has 1 aromatic heterocycles. The van der Waals surface area contributed by atoms with Crippen LogP contribution in [0.3, 0.4) is 0 Å². The first kappa shape index (κ1) is 19.7. The Hall–Kier alpha value is -1.56. The van der Waals surface area contributed by atoms with Crippen LogP contribution in [-0.2, 0) is 17.6 Å². The number of hydrogen-bond acceptors (Lipinski definition) is 3. The summed E-state index contributed by atoms with van der Waals surface area (Å²) in [5.41, 5.74) is 2.99. The van der Waals surface area contributed by atoms with Crippen molar-refractivity contribution in [2.24, 2.45) is 10.4 Å². The third-order valence-electron chi connectivity index (χ3n) is 7.19. The fourth-order valence-electron chi connectivity index (χ4n) is 5.52. The van der Waals surface area contributed by atoms with Crippen LogP contribution in [0.2, 0.25) is 0 Å². The van der Waals surface area contributed by atoms with Gasteiger partial charge in [-0.05, 0) is 58.4 Å². The van der Waals surface area contributed by atoms with Gasteiger partial charge in [0, 0.05) is 49.8 Å². The Bertz CT molecular complexity index is 704. The van der Waals surface area contributed by atoms with E-state index in [-0.39, 0.29) is 0 Å². The molecule has 0 amide bonds. The summed E-state index contributed by atoms with van der Waals surface area (Å²) < 4.78 is 8.16. The zero-order chi connectivity index (χ0) is 19.7. The summed E-state index contributed by atoms with van der Waals surface area (Å²) in [5, 5.41) is 12.2. The van der Waals surface area contributed by atoms with Crippen LogP contribution in [0.5, 0.6) is 0 Å². The van der Waals surface area contributed by atoms with Crippen molar-refractivity contribution in [2.75, 3.05) is 13.7 Å². The molecule has 0 aliphatic heterocycles. The van der Waals surface area contributed by atoms with E-state index in [2.05, 4.69) is 47.3 Å². The molecule has 0 aromatic carbocycles. The Morgan fingerprint density at radius 1 is 1.36 bits per heavy atom. The first-order valence-corrected chi connectivity index (χ1v) is 11.2. The third-order valence-corrected chi connectivity index (χ3v) is 7.19. The van der Waals surface area contributed by atoms with Gasteiger partial charge < -0.3 is 15.4 Å². The van der Waals surface area contributed by atoms with E-state index in [0.717, 1.165) is 38.2 Å². The molecule has 2 saturated carbocycles.